The molecule has 0 spiro atoms. The SMILES string of the molecule is O=C(Nc1ccc(C(=O)Nc2cccc3ccccc23)cc1)c1cccc(F)c1. The monoisotopic (exact) mass is 384 g/mol. The minimum Gasteiger partial charge on any atom is -0.322 e. The maximum atomic E-state index is 13.3. The number of amides is 2. The van der Waals surface area contributed by atoms with Crippen LogP contribution in [0.3, 0.4) is 0 Å². The molecule has 0 saturated carbocycles. The molecule has 0 aromatic heterocycles. The van der Waals surface area contributed by atoms with Crippen LogP contribution >= 0.6 is 0 Å². The van der Waals surface area contributed by atoms with Crippen molar-refractivity contribution in [3.63, 3.8) is 0 Å². The Kier molecular flexibility index (Phi) is 5.03. The number of hydrogen-bond acceptors (Lipinski definition) is 2. The van der Waals surface area contributed by atoms with Crippen molar-refractivity contribution in [2.24, 2.45) is 0 Å². The third kappa shape index (κ3) is 4.14. The molecule has 4 aromatic rings. The van der Waals surface area contributed by atoms with Crippen molar-refractivity contribution in [2.75, 3.05) is 10.6 Å². The lowest BCUT2D eigenvalue weighted by Gasteiger charge is -2.10. The van der Waals surface area contributed by atoms with Gasteiger partial charge in [0.05, 0.1) is 0 Å². The van der Waals surface area contributed by atoms with E-state index in [-0.39, 0.29) is 11.5 Å². The van der Waals surface area contributed by atoms with Crippen LogP contribution in [0.1, 0.15) is 20.7 Å². The summed E-state index contributed by atoms with van der Waals surface area (Å²) in [7, 11) is 0. The summed E-state index contributed by atoms with van der Waals surface area (Å²) < 4.78 is 13.3. The van der Waals surface area contributed by atoms with Gasteiger partial charge in [-0.25, -0.2) is 4.39 Å². The van der Waals surface area contributed by atoms with Gasteiger partial charge in [0.15, 0.2) is 0 Å². The van der Waals surface area contributed by atoms with Gasteiger partial charge in [0.2, 0.25) is 0 Å². The van der Waals surface area contributed by atoms with Gasteiger partial charge in [-0.15, -0.1) is 0 Å². The summed E-state index contributed by atoms with van der Waals surface area (Å²) in [5.41, 5.74) is 1.93. The van der Waals surface area contributed by atoms with E-state index in [9.17, 15) is 14.0 Å². The second-order valence-corrected chi connectivity index (χ2v) is 6.52. The van der Waals surface area contributed by atoms with Crippen LogP contribution in [-0.4, -0.2) is 11.8 Å². The van der Waals surface area contributed by atoms with Crippen molar-refractivity contribution >= 4 is 34.0 Å². The Hall–Kier alpha value is -3.99. The van der Waals surface area contributed by atoms with Gasteiger partial charge in [0.25, 0.3) is 11.8 Å². The lowest BCUT2D eigenvalue weighted by Crippen LogP contribution is -2.14. The minimum absolute atomic E-state index is 0.225. The van der Waals surface area contributed by atoms with Crippen molar-refractivity contribution in [1.82, 2.24) is 0 Å². The highest BCUT2D eigenvalue weighted by Gasteiger charge is 2.10. The molecule has 0 bridgehead atoms. The van der Waals surface area contributed by atoms with Crippen LogP contribution in [-0.2, 0) is 0 Å². The van der Waals surface area contributed by atoms with Gasteiger partial charge in [-0.05, 0) is 53.9 Å². The zero-order valence-electron chi connectivity index (χ0n) is 15.4. The van der Waals surface area contributed by atoms with Crippen molar-refractivity contribution in [3.8, 4) is 0 Å². The summed E-state index contributed by atoms with van der Waals surface area (Å²) in [6, 6.07) is 25.5. The lowest BCUT2D eigenvalue weighted by atomic mass is 10.1. The fourth-order valence-corrected chi connectivity index (χ4v) is 3.07. The fraction of sp³-hybridized carbons (Fsp3) is 0. The van der Waals surface area contributed by atoms with Crippen LogP contribution in [0.2, 0.25) is 0 Å². The molecule has 5 heteroatoms. The largest absolute Gasteiger partial charge is 0.322 e. The van der Waals surface area contributed by atoms with Crippen LogP contribution in [0.5, 0.6) is 0 Å². The molecule has 0 heterocycles. The minimum atomic E-state index is -0.474. The summed E-state index contributed by atoms with van der Waals surface area (Å²) in [6.45, 7) is 0. The second-order valence-electron chi connectivity index (χ2n) is 6.52. The number of rotatable bonds is 4. The van der Waals surface area contributed by atoms with E-state index >= 15 is 0 Å². The highest BCUT2D eigenvalue weighted by Crippen LogP contribution is 2.23. The first-order chi connectivity index (χ1) is 14.1. The van der Waals surface area contributed by atoms with Crippen molar-refractivity contribution in [1.29, 1.82) is 0 Å². The summed E-state index contributed by atoms with van der Waals surface area (Å²) in [5.74, 6) is -1.14. The number of carbonyl (C=O) groups excluding carboxylic acids is 2. The van der Waals surface area contributed by atoms with Gasteiger partial charge in [-0.3, -0.25) is 9.59 Å². The maximum Gasteiger partial charge on any atom is 0.255 e. The highest BCUT2D eigenvalue weighted by atomic mass is 19.1. The molecule has 4 aromatic carbocycles. The van der Waals surface area contributed by atoms with Crippen molar-refractivity contribution < 1.29 is 14.0 Å². The summed E-state index contributed by atoms with van der Waals surface area (Å²) in [5, 5.41) is 7.62. The molecule has 0 aliphatic rings. The topological polar surface area (TPSA) is 58.2 Å². The summed E-state index contributed by atoms with van der Waals surface area (Å²) >= 11 is 0. The molecule has 0 radical (unpaired) electrons. The summed E-state index contributed by atoms with van der Waals surface area (Å²) in [4.78, 5) is 24.8. The number of benzene rings is 4. The van der Waals surface area contributed by atoms with E-state index in [0.717, 1.165) is 16.5 Å². The van der Waals surface area contributed by atoms with Gasteiger partial charge in [-0.1, -0.05) is 42.5 Å². The molecule has 4 rings (SSSR count). The van der Waals surface area contributed by atoms with Crippen LogP contribution in [0, 0.1) is 5.82 Å². The highest BCUT2D eigenvalue weighted by molar-refractivity contribution is 6.09. The van der Waals surface area contributed by atoms with E-state index in [1.165, 1.54) is 24.3 Å². The Labute approximate surface area is 167 Å². The molecular formula is C24H17FN2O2. The summed E-state index contributed by atoms with van der Waals surface area (Å²) in [6.07, 6.45) is 0. The van der Waals surface area contributed by atoms with E-state index < -0.39 is 11.7 Å². The molecule has 4 nitrogen and oxygen atoms in total. The molecule has 142 valence electrons. The zero-order chi connectivity index (χ0) is 20.2. The van der Waals surface area contributed by atoms with Crippen LogP contribution in [0.25, 0.3) is 10.8 Å². The van der Waals surface area contributed by atoms with E-state index in [4.69, 9.17) is 0 Å². The standard InChI is InChI=1S/C24H17FN2O2/c25-19-8-3-7-18(15-19)24(29)26-20-13-11-17(12-14-20)23(28)27-22-10-4-6-16-5-1-2-9-21(16)22/h1-15H,(H,26,29)(H,27,28). The van der Waals surface area contributed by atoms with Gasteiger partial charge in [0, 0.05) is 27.9 Å². The average molecular weight is 384 g/mol. The Morgan fingerprint density at radius 1 is 0.655 bits per heavy atom. The smallest absolute Gasteiger partial charge is 0.255 e. The molecule has 0 saturated heterocycles. The number of fused-ring (bicyclic) bond motifs is 1. The average Bonchev–Trinajstić information content (AvgIpc) is 2.74. The number of nitrogens with one attached hydrogen (secondary N) is 2. The van der Waals surface area contributed by atoms with Crippen LogP contribution < -0.4 is 10.6 Å². The number of carbonyl (C=O) groups is 2. The van der Waals surface area contributed by atoms with E-state index in [1.807, 2.05) is 42.5 Å². The molecule has 0 fully saturated rings. The molecule has 0 atom stereocenters. The van der Waals surface area contributed by atoms with E-state index in [1.54, 1.807) is 24.3 Å². The van der Waals surface area contributed by atoms with Crippen molar-refractivity contribution in [3.05, 3.63) is 108 Å². The molecule has 2 N–H and O–H groups in total. The predicted molar refractivity (Wildman–Crippen MR) is 113 cm³/mol. The second kappa shape index (κ2) is 7.94. The molecule has 0 aliphatic carbocycles. The normalized spacial score (nSPS) is 10.5. The quantitative estimate of drug-likeness (QED) is 0.489. The lowest BCUT2D eigenvalue weighted by molar-refractivity contribution is 0.102. The Bertz CT molecular complexity index is 1200. The maximum absolute atomic E-state index is 13.3. The van der Waals surface area contributed by atoms with Crippen molar-refractivity contribution in [2.45, 2.75) is 0 Å². The molecule has 2 amide bonds. The molecular weight excluding hydrogens is 367 g/mol. The van der Waals surface area contributed by atoms with Gasteiger partial charge in [-0.2, -0.15) is 0 Å². The Morgan fingerprint density at radius 2 is 1.34 bits per heavy atom. The van der Waals surface area contributed by atoms with Gasteiger partial charge < -0.3 is 10.6 Å². The first-order valence-corrected chi connectivity index (χ1v) is 9.06. The first kappa shape index (κ1) is 18.4. The number of anilines is 2. The molecule has 0 unspecified atom stereocenters. The zero-order valence-corrected chi connectivity index (χ0v) is 15.4. The third-order valence-corrected chi connectivity index (χ3v) is 4.53. The Morgan fingerprint density at radius 3 is 2.14 bits per heavy atom. The van der Waals surface area contributed by atoms with Gasteiger partial charge >= 0.3 is 0 Å². The number of hydrogen-bond donors (Lipinski definition) is 2. The predicted octanol–water partition coefficient (Wildman–Crippen LogP) is 5.48. The van der Waals surface area contributed by atoms with E-state index in [2.05, 4.69) is 10.6 Å². The van der Waals surface area contributed by atoms with Crippen LogP contribution in [0.4, 0.5) is 15.8 Å². The Balaban J connectivity index is 1.47. The van der Waals surface area contributed by atoms with Crippen LogP contribution in [0.15, 0.2) is 91.0 Å². The van der Waals surface area contributed by atoms with Gasteiger partial charge in [0.1, 0.15) is 5.82 Å². The number of halogens is 1. The van der Waals surface area contributed by atoms with E-state index in [0.29, 0.717) is 11.3 Å². The third-order valence-electron chi connectivity index (χ3n) is 4.53. The first-order valence-electron chi connectivity index (χ1n) is 9.06. The fourth-order valence-electron chi connectivity index (χ4n) is 3.07. The molecule has 0 aliphatic heterocycles. The molecule has 29 heavy (non-hydrogen) atoms.